The van der Waals surface area contributed by atoms with Gasteiger partial charge in [-0.25, -0.2) is 0 Å². The quantitative estimate of drug-likeness (QED) is 0.558. The minimum atomic E-state index is -0.480. The van der Waals surface area contributed by atoms with E-state index in [1.807, 2.05) is 6.92 Å². The highest BCUT2D eigenvalue weighted by atomic mass is 16.6. The van der Waals surface area contributed by atoms with Crippen LogP contribution >= 0.6 is 0 Å². The molecular weight excluding hydrogens is 196 g/mol. The van der Waals surface area contributed by atoms with Gasteiger partial charge >= 0.3 is 11.9 Å². The van der Waals surface area contributed by atoms with Gasteiger partial charge < -0.3 is 9.84 Å². The summed E-state index contributed by atoms with van der Waals surface area (Å²) in [5.74, 6) is -0.627. The van der Waals surface area contributed by atoms with Gasteiger partial charge in [0, 0.05) is 0 Å². The molecule has 0 spiro atoms. The minimum absolute atomic E-state index is 0.235. The average molecular weight is 212 g/mol. The second kappa shape index (κ2) is 3.59. The molecule has 1 saturated carbocycles. The second-order valence-corrected chi connectivity index (χ2v) is 4.88. The monoisotopic (exact) mass is 212 g/mol. The molecule has 1 saturated heterocycles. The van der Waals surface area contributed by atoms with Gasteiger partial charge in [-0.2, -0.15) is 0 Å². The fourth-order valence-corrected chi connectivity index (χ4v) is 2.21. The van der Waals surface area contributed by atoms with Gasteiger partial charge in [-0.3, -0.25) is 9.59 Å². The summed E-state index contributed by atoms with van der Waals surface area (Å²) in [7, 11) is 0. The van der Waals surface area contributed by atoms with Gasteiger partial charge in [-0.05, 0) is 32.1 Å². The molecule has 4 heteroatoms. The normalized spacial score (nSPS) is 39.3. The molecule has 3 atom stereocenters. The van der Waals surface area contributed by atoms with Gasteiger partial charge in [0.25, 0.3) is 0 Å². The lowest BCUT2D eigenvalue weighted by Gasteiger charge is -2.05. The SMILES string of the molecule is CC1(O)CC1CCCC1CC(=O)OC1=O. The first-order valence-electron chi connectivity index (χ1n) is 5.46. The van der Waals surface area contributed by atoms with Crippen molar-refractivity contribution in [3.8, 4) is 0 Å². The molecule has 4 nitrogen and oxygen atoms in total. The zero-order valence-corrected chi connectivity index (χ0v) is 8.86. The Morgan fingerprint density at radius 2 is 2.13 bits per heavy atom. The van der Waals surface area contributed by atoms with Crippen LogP contribution in [0.1, 0.15) is 39.0 Å². The van der Waals surface area contributed by atoms with Crippen LogP contribution in [0.15, 0.2) is 0 Å². The van der Waals surface area contributed by atoms with Crippen molar-refractivity contribution in [1.82, 2.24) is 0 Å². The van der Waals surface area contributed by atoms with Crippen LogP contribution in [0.25, 0.3) is 0 Å². The van der Waals surface area contributed by atoms with Crippen LogP contribution in [0.2, 0.25) is 0 Å². The largest absolute Gasteiger partial charge is 0.393 e. The van der Waals surface area contributed by atoms with Crippen molar-refractivity contribution in [3.63, 3.8) is 0 Å². The van der Waals surface area contributed by atoms with Gasteiger partial charge in [-0.1, -0.05) is 6.42 Å². The summed E-state index contributed by atoms with van der Waals surface area (Å²) in [6, 6.07) is 0. The van der Waals surface area contributed by atoms with Crippen LogP contribution in [-0.2, 0) is 14.3 Å². The molecule has 0 radical (unpaired) electrons. The van der Waals surface area contributed by atoms with Crippen molar-refractivity contribution in [2.75, 3.05) is 0 Å². The van der Waals surface area contributed by atoms with Crippen molar-refractivity contribution in [2.24, 2.45) is 11.8 Å². The van der Waals surface area contributed by atoms with E-state index in [-0.39, 0.29) is 18.3 Å². The van der Waals surface area contributed by atoms with E-state index in [0.29, 0.717) is 12.3 Å². The Morgan fingerprint density at radius 3 is 2.60 bits per heavy atom. The molecule has 15 heavy (non-hydrogen) atoms. The fraction of sp³-hybridized carbons (Fsp3) is 0.818. The van der Waals surface area contributed by atoms with Crippen molar-refractivity contribution in [3.05, 3.63) is 0 Å². The Labute approximate surface area is 88.6 Å². The zero-order valence-electron chi connectivity index (χ0n) is 8.86. The summed E-state index contributed by atoms with van der Waals surface area (Å²) in [5.41, 5.74) is -0.480. The van der Waals surface area contributed by atoms with E-state index in [0.717, 1.165) is 19.3 Å². The first-order chi connectivity index (χ1) is 6.99. The van der Waals surface area contributed by atoms with Crippen molar-refractivity contribution in [1.29, 1.82) is 0 Å². The molecule has 0 amide bonds. The summed E-state index contributed by atoms with van der Waals surface area (Å²) in [4.78, 5) is 21.9. The molecule has 0 aromatic carbocycles. The van der Waals surface area contributed by atoms with E-state index in [4.69, 9.17) is 0 Å². The van der Waals surface area contributed by atoms with Crippen molar-refractivity contribution >= 4 is 11.9 Å². The van der Waals surface area contributed by atoms with Crippen LogP contribution in [0, 0.1) is 11.8 Å². The predicted molar refractivity (Wildman–Crippen MR) is 51.8 cm³/mol. The van der Waals surface area contributed by atoms with Gasteiger partial charge in [0.05, 0.1) is 17.9 Å². The second-order valence-electron chi connectivity index (χ2n) is 4.88. The number of aliphatic hydroxyl groups is 1. The molecule has 1 N–H and O–H groups in total. The Balaban J connectivity index is 1.66. The van der Waals surface area contributed by atoms with Gasteiger partial charge in [0.15, 0.2) is 0 Å². The summed E-state index contributed by atoms with van der Waals surface area (Å²) in [5, 5.41) is 9.53. The third kappa shape index (κ3) is 2.37. The lowest BCUT2D eigenvalue weighted by atomic mass is 9.99. The van der Waals surface area contributed by atoms with Crippen LogP contribution in [-0.4, -0.2) is 22.6 Å². The van der Waals surface area contributed by atoms with E-state index in [1.54, 1.807) is 0 Å². The summed E-state index contributed by atoms with van der Waals surface area (Å²) in [6.45, 7) is 1.84. The standard InChI is InChI=1S/C11H16O4/c1-11(14)6-8(11)4-2-3-7-5-9(12)15-10(7)13/h7-8,14H,2-6H2,1H3. The smallest absolute Gasteiger partial charge is 0.317 e. The highest BCUT2D eigenvalue weighted by Crippen LogP contribution is 2.46. The number of carbonyl (C=O) groups is 2. The van der Waals surface area contributed by atoms with Gasteiger partial charge in [0.2, 0.25) is 0 Å². The van der Waals surface area contributed by atoms with Crippen molar-refractivity contribution in [2.45, 2.75) is 44.6 Å². The van der Waals surface area contributed by atoms with E-state index < -0.39 is 11.6 Å². The molecule has 0 aromatic rings. The zero-order chi connectivity index (χ0) is 11.1. The highest BCUT2D eigenvalue weighted by Gasteiger charge is 2.47. The molecule has 3 unspecified atom stereocenters. The number of esters is 2. The number of hydrogen-bond acceptors (Lipinski definition) is 4. The van der Waals surface area contributed by atoms with Crippen LogP contribution in [0.5, 0.6) is 0 Å². The molecule has 2 aliphatic rings. The molecule has 0 bridgehead atoms. The third-order valence-electron chi connectivity index (χ3n) is 3.45. The molecular formula is C11H16O4. The first-order valence-corrected chi connectivity index (χ1v) is 5.46. The molecule has 2 rings (SSSR count). The molecule has 1 aliphatic heterocycles. The first kappa shape index (κ1) is 10.6. The van der Waals surface area contributed by atoms with Gasteiger partial charge in [0.1, 0.15) is 0 Å². The summed E-state index contributed by atoms with van der Waals surface area (Å²) in [6.07, 6.45) is 3.62. The third-order valence-corrected chi connectivity index (χ3v) is 3.45. The Bertz CT molecular complexity index is 295. The summed E-state index contributed by atoms with van der Waals surface area (Å²) < 4.78 is 4.46. The number of hydrogen-bond donors (Lipinski definition) is 1. The summed E-state index contributed by atoms with van der Waals surface area (Å²) >= 11 is 0. The molecule has 1 heterocycles. The Hall–Kier alpha value is -0.900. The van der Waals surface area contributed by atoms with Crippen LogP contribution in [0.3, 0.4) is 0 Å². The van der Waals surface area contributed by atoms with E-state index in [2.05, 4.69) is 4.74 Å². The number of carbonyl (C=O) groups excluding carboxylic acids is 2. The maximum atomic E-state index is 11.1. The molecule has 2 fully saturated rings. The highest BCUT2D eigenvalue weighted by molar-refractivity contribution is 5.94. The molecule has 1 aliphatic carbocycles. The average Bonchev–Trinajstić information content (AvgIpc) is 2.58. The molecule has 0 aromatic heterocycles. The maximum Gasteiger partial charge on any atom is 0.317 e. The van der Waals surface area contributed by atoms with Crippen LogP contribution < -0.4 is 0 Å². The maximum absolute atomic E-state index is 11.1. The van der Waals surface area contributed by atoms with Crippen LogP contribution in [0.4, 0.5) is 0 Å². The van der Waals surface area contributed by atoms with E-state index >= 15 is 0 Å². The van der Waals surface area contributed by atoms with Crippen molar-refractivity contribution < 1.29 is 19.4 Å². The van der Waals surface area contributed by atoms with E-state index in [9.17, 15) is 14.7 Å². The topological polar surface area (TPSA) is 63.6 Å². The fourth-order valence-electron chi connectivity index (χ4n) is 2.21. The Kier molecular flexibility index (Phi) is 2.54. The Morgan fingerprint density at radius 1 is 1.47 bits per heavy atom. The number of cyclic esters (lactones) is 2. The lowest BCUT2D eigenvalue weighted by Crippen LogP contribution is -2.08. The minimum Gasteiger partial charge on any atom is -0.393 e. The van der Waals surface area contributed by atoms with E-state index in [1.165, 1.54) is 0 Å². The predicted octanol–water partition coefficient (Wildman–Crippen LogP) is 1.02. The number of rotatable bonds is 4. The number of ether oxygens (including phenoxy) is 1. The molecule has 84 valence electrons. The van der Waals surface area contributed by atoms with Gasteiger partial charge in [-0.15, -0.1) is 0 Å². The lowest BCUT2D eigenvalue weighted by molar-refractivity contribution is -0.153.